The summed E-state index contributed by atoms with van der Waals surface area (Å²) in [5, 5.41) is 8.97. The lowest BCUT2D eigenvalue weighted by Gasteiger charge is -2.37. The summed E-state index contributed by atoms with van der Waals surface area (Å²) in [5.41, 5.74) is 0.772. The molecule has 1 aromatic rings. The van der Waals surface area contributed by atoms with E-state index in [0.717, 1.165) is 24.8 Å². The molecule has 3 heterocycles. The molecule has 5 nitrogen and oxygen atoms in total. The SMILES string of the molecule is O=C(O)N1CCC2(CC1)CC(c1ccc(F)nc1)CO2. The number of likely N-dealkylation sites (tertiary alicyclic amines) is 1. The third kappa shape index (κ3) is 2.47. The summed E-state index contributed by atoms with van der Waals surface area (Å²) in [6.07, 6.45) is 3.01. The minimum absolute atomic E-state index is 0.217. The van der Waals surface area contributed by atoms with Crippen LogP contribution in [0.1, 0.15) is 30.7 Å². The summed E-state index contributed by atoms with van der Waals surface area (Å²) < 4.78 is 18.8. The molecule has 0 aliphatic carbocycles. The average molecular weight is 280 g/mol. The topological polar surface area (TPSA) is 62.7 Å². The number of amides is 1. The largest absolute Gasteiger partial charge is 0.465 e. The normalized spacial score (nSPS) is 25.1. The van der Waals surface area contributed by atoms with Crippen molar-refractivity contribution in [2.24, 2.45) is 0 Å². The highest BCUT2D eigenvalue weighted by atomic mass is 19.1. The molecule has 1 unspecified atom stereocenters. The lowest BCUT2D eigenvalue weighted by molar-refractivity contribution is -0.0394. The number of pyridine rings is 1. The van der Waals surface area contributed by atoms with Gasteiger partial charge in [0.05, 0.1) is 12.2 Å². The van der Waals surface area contributed by atoms with E-state index in [0.29, 0.717) is 19.7 Å². The van der Waals surface area contributed by atoms with Crippen LogP contribution in [0.5, 0.6) is 0 Å². The smallest absolute Gasteiger partial charge is 0.407 e. The molecular formula is C14H17FN2O3. The number of halogens is 1. The lowest BCUT2D eigenvalue weighted by Crippen LogP contribution is -2.45. The van der Waals surface area contributed by atoms with Crippen molar-refractivity contribution in [2.45, 2.75) is 30.8 Å². The van der Waals surface area contributed by atoms with Crippen LogP contribution >= 0.6 is 0 Å². The van der Waals surface area contributed by atoms with Crippen LogP contribution in [-0.2, 0) is 4.74 Å². The summed E-state index contributed by atoms with van der Waals surface area (Å²) in [6, 6.07) is 3.12. The molecule has 20 heavy (non-hydrogen) atoms. The number of carboxylic acid groups (broad SMARTS) is 1. The van der Waals surface area contributed by atoms with Gasteiger partial charge in [-0.25, -0.2) is 9.78 Å². The van der Waals surface area contributed by atoms with Gasteiger partial charge in [-0.2, -0.15) is 4.39 Å². The van der Waals surface area contributed by atoms with Crippen LogP contribution in [0.3, 0.4) is 0 Å². The molecule has 1 amide bonds. The first-order valence-corrected chi connectivity index (χ1v) is 6.81. The molecule has 1 spiro atoms. The molecule has 0 radical (unpaired) electrons. The van der Waals surface area contributed by atoms with Gasteiger partial charge < -0.3 is 14.7 Å². The van der Waals surface area contributed by atoms with Crippen molar-refractivity contribution in [3.8, 4) is 0 Å². The van der Waals surface area contributed by atoms with E-state index in [9.17, 15) is 9.18 Å². The number of aromatic nitrogens is 1. The first-order chi connectivity index (χ1) is 9.58. The molecule has 2 fully saturated rings. The van der Waals surface area contributed by atoms with Crippen LogP contribution in [-0.4, -0.2) is 46.4 Å². The maximum absolute atomic E-state index is 12.8. The zero-order valence-electron chi connectivity index (χ0n) is 11.1. The van der Waals surface area contributed by atoms with Crippen molar-refractivity contribution in [2.75, 3.05) is 19.7 Å². The lowest BCUT2D eigenvalue weighted by atomic mass is 9.83. The molecule has 2 saturated heterocycles. The van der Waals surface area contributed by atoms with Gasteiger partial charge in [0.2, 0.25) is 5.95 Å². The van der Waals surface area contributed by atoms with Gasteiger partial charge in [0.25, 0.3) is 0 Å². The maximum atomic E-state index is 12.8. The summed E-state index contributed by atoms with van der Waals surface area (Å²) in [7, 11) is 0. The molecule has 6 heteroatoms. The van der Waals surface area contributed by atoms with Crippen molar-refractivity contribution < 1.29 is 19.0 Å². The Balaban J connectivity index is 1.65. The van der Waals surface area contributed by atoms with Crippen molar-refractivity contribution in [1.29, 1.82) is 0 Å². The van der Waals surface area contributed by atoms with Gasteiger partial charge in [0.1, 0.15) is 0 Å². The predicted octanol–water partition coefficient (Wildman–Crippen LogP) is 2.24. The Hall–Kier alpha value is -1.69. The number of hydrogen-bond donors (Lipinski definition) is 1. The first kappa shape index (κ1) is 13.3. The Morgan fingerprint density at radius 3 is 2.80 bits per heavy atom. The van der Waals surface area contributed by atoms with Gasteiger partial charge in [-0.15, -0.1) is 0 Å². The van der Waals surface area contributed by atoms with Crippen LogP contribution in [0, 0.1) is 5.95 Å². The monoisotopic (exact) mass is 280 g/mol. The minimum Gasteiger partial charge on any atom is -0.465 e. The fourth-order valence-electron chi connectivity index (χ4n) is 3.14. The fourth-order valence-corrected chi connectivity index (χ4v) is 3.14. The van der Waals surface area contributed by atoms with E-state index in [1.807, 2.05) is 0 Å². The van der Waals surface area contributed by atoms with Crippen molar-refractivity contribution in [3.63, 3.8) is 0 Å². The Bertz CT molecular complexity index is 498. The molecule has 1 atom stereocenters. The van der Waals surface area contributed by atoms with Crippen LogP contribution < -0.4 is 0 Å². The number of hydrogen-bond acceptors (Lipinski definition) is 3. The van der Waals surface area contributed by atoms with E-state index in [1.165, 1.54) is 11.0 Å². The van der Waals surface area contributed by atoms with Gasteiger partial charge in [0, 0.05) is 25.2 Å². The predicted molar refractivity (Wildman–Crippen MR) is 69.1 cm³/mol. The van der Waals surface area contributed by atoms with Crippen LogP contribution in [0.2, 0.25) is 0 Å². The summed E-state index contributed by atoms with van der Waals surface area (Å²) >= 11 is 0. The quantitative estimate of drug-likeness (QED) is 0.801. The van der Waals surface area contributed by atoms with E-state index >= 15 is 0 Å². The number of ether oxygens (including phenoxy) is 1. The van der Waals surface area contributed by atoms with E-state index in [-0.39, 0.29) is 11.5 Å². The third-order valence-electron chi connectivity index (χ3n) is 4.38. The van der Waals surface area contributed by atoms with Gasteiger partial charge in [-0.3, -0.25) is 0 Å². The van der Waals surface area contributed by atoms with Gasteiger partial charge in [-0.05, 0) is 30.9 Å². The molecule has 1 N–H and O–H groups in total. The van der Waals surface area contributed by atoms with Crippen molar-refractivity contribution >= 4 is 6.09 Å². The molecule has 0 bridgehead atoms. The second-order valence-electron chi connectivity index (χ2n) is 5.58. The number of nitrogens with zero attached hydrogens (tertiary/aromatic N) is 2. The van der Waals surface area contributed by atoms with Gasteiger partial charge in [0.15, 0.2) is 0 Å². The maximum Gasteiger partial charge on any atom is 0.407 e. The molecule has 2 aliphatic heterocycles. The highest BCUT2D eigenvalue weighted by Crippen LogP contribution is 2.42. The molecule has 3 rings (SSSR count). The molecule has 0 aromatic carbocycles. The van der Waals surface area contributed by atoms with Crippen LogP contribution in [0.4, 0.5) is 9.18 Å². The Labute approximate surface area is 116 Å². The third-order valence-corrected chi connectivity index (χ3v) is 4.38. The van der Waals surface area contributed by atoms with Crippen LogP contribution in [0.15, 0.2) is 18.3 Å². The van der Waals surface area contributed by atoms with E-state index < -0.39 is 12.0 Å². The molecule has 0 saturated carbocycles. The summed E-state index contributed by atoms with van der Waals surface area (Å²) in [4.78, 5) is 16.0. The molecule has 2 aliphatic rings. The Morgan fingerprint density at radius 1 is 1.45 bits per heavy atom. The highest BCUT2D eigenvalue weighted by Gasteiger charge is 2.43. The zero-order chi connectivity index (χ0) is 14.2. The summed E-state index contributed by atoms with van der Waals surface area (Å²) in [5.74, 6) is -0.253. The molecular weight excluding hydrogens is 263 g/mol. The second-order valence-corrected chi connectivity index (χ2v) is 5.58. The number of piperidine rings is 1. The molecule has 1 aromatic heterocycles. The summed E-state index contributed by atoms with van der Waals surface area (Å²) in [6.45, 7) is 1.63. The van der Waals surface area contributed by atoms with E-state index in [1.54, 1.807) is 12.3 Å². The van der Waals surface area contributed by atoms with E-state index in [2.05, 4.69) is 4.98 Å². The fraction of sp³-hybridized carbons (Fsp3) is 0.571. The minimum atomic E-state index is -0.864. The van der Waals surface area contributed by atoms with Crippen LogP contribution in [0.25, 0.3) is 0 Å². The number of carbonyl (C=O) groups is 1. The average Bonchev–Trinajstić information content (AvgIpc) is 2.84. The standard InChI is InChI=1S/C14H17FN2O3/c15-12-2-1-10(8-16-12)11-7-14(20-9-11)3-5-17(6-4-14)13(18)19/h1-2,8,11H,3-7,9H2,(H,18,19). The first-order valence-electron chi connectivity index (χ1n) is 6.81. The molecule has 108 valence electrons. The van der Waals surface area contributed by atoms with Gasteiger partial charge in [-0.1, -0.05) is 6.07 Å². The zero-order valence-corrected chi connectivity index (χ0v) is 11.1. The Morgan fingerprint density at radius 2 is 2.20 bits per heavy atom. The Kier molecular flexibility index (Phi) is 3.33. The van der Waals surface area contributed by atoms with E-state index in [4.69, 9.17) is 9.84 Å². The van der Waals surface area contributed by atoms with Gasteiger partial charge >= 0.3 is 6.09 Å². The second kappa shape index (κ2) is 5.01. The van der Waals surface area contributed by atoms with Crippen molar-refractivity contribution in [1.82, 2.24) is 9.88 Å². The highest BCUT2D eigenvalue weighted by molar-refractivity contribution is 5.65. The number of rotatable bonds is 1. The van der Waals surface area contributed by atoms with Crippen molar-refractivity contribution in [3.05, 3.63) is 29.8 Å².